The smallest absolute Gasteiger partial charge is 0.230 e. The first-order chi connectivity index (χ1) is 13.2. The number of nitrogens with one attached hydrogen (secondary N) is 2. The van der Waals surface area contributed by atoms with E-state index in [1.54, 1.807) is 0 Å². The lowest BCUT2D eigenvalue weighted by atomic mass is 9.64. The molecule has 1 saturated carbocycles. The Kier molecular flexibility index (Phi) is 4.73. The van der Waals surface area contributed by atoms with Crippen LogP contribution in [0.5, 0.6) is 0 Å². The van der Waals surface area contributed by atoms with Crippen LogP contribution in [0.3, 0.4) is 0 Å². The molecule has 138 valence electrons. The van der Waals surface area contributed by atoms with E-state index in [9.17, 15) is 4.79 Å². The Balaban J connectivity index is 1.45. The number of carbonyl (C=O) groups is 1. The van der Waals surface area contributed by atoms with E-state index in [2.05, 4.69) is 32.6 Å². The zero-order chi connectivity index (χ0) is 18.7. The van der Waals surface area contributed by atoms with Crippen LogP contribution in [0, 0.1) is 5.41 Å². The van der Waals surface area contributed by atoms with Crippen LogP contribution >= 0.6 is 0 Å². The molecule has 1 amide bonds. The molecule has 1 aliphatic carbocycles. The normalized spacial score (nSPS) is 15.1. The summed E-state index contributed by atoms with van der Waals surface area (Å²) >= 11 is 0. The van der Waals surface area contributed by atoms with Gasteiger partial charge in [0.05, 0.1) is 12.0 Å². The SMILES string of the molecule is NCc1nc(-c2ccc(NC(=O)C3(Cc4ccccc4)CCC3)cc2)n[nH]1. The van der Waals surface area contributed by atoms with E-state index >= 15 is 0 Å². The molecule has 6 heteroatoms. The summed E-state index contributed by atoms with van der Waals surface area (Å²) in [6.45, 7) is 0.324. The molecule has 4 N–H and O–H groups in total. The maximum absolute atomic E-state index is 13.0. The summed E-state index contributed by atoms with van der Waals surface area (Å²) in [6, 6.07) is 17.8. The average molecular weight is 361 g/mol. The number of nitrogens with two attached hydrogens (primary N) is 1. The first kappa shape index (κ1) is 17.4. The van der Waals surface area contributed by atoms with Gasteiger partial charge < -0.3 is 11.1 Å². The fraction of sp³-hybridized carbons (Fsp3) is 0.286. The minimum atomic E-state index is -0.292. The molecule has 0 radical (unpaired) electrons. The lowest BCUT2D eigenvalue weighted by Gasteiger charge is -2.40. The van der Waals surface area contributed by atoms with Gasteiger partial charge in [-0.05, 0) is 49.1 Å². The maximum atomic E-state index is 13.0. The highest BCUT2D eigenvalue weighted by atomic mass is 16.2. The van der Waals surface area contributed by atoms with Gasteiger partial charge in [0.15, 0.2) is 5.82 Å². The van der Waals surface area contributed by atoms with Gasteiger partial charge in [0, 0.05) is 11.3 Å². The number of H-pyrrole nitrogens is 1. The molecule has 1 heterocycles. The summed E-state index contributed by atoms with van der Waals surface area (Å²) in [6.07, 6.45) is 3.76. The minimum Gasteiger partial charge on any atom is -0.326 e. The van der Waals surface area contributed by atoms with Crippen LogP contribution in [0.25, 0.3) is 11.4 Å². The first-order valence-electron chi connectivity index (χ1n) is 9.26. The zero-order valence-electron chi connectivity index (χ0n) is 15.1. The largest absolute Gasteiger partial charge is 0.326 e. The predicted molar refractivity (Wildman–Crippen MR) is 105 cm³/mol. The van der Waals surface area contributed by atoms with E-state index in [4.69, 9.17) is 5.73 Å². The Morgan fingerprint density at radius 1 is 1.11 bits per heavy atom. The number of benzene rings is 2. The van der Waals surface area contributed by atoms with Gasteiger partial charge in [-0.25, -0.2) is 4.98 Å². The molecule has 27 heavy (non-hydrogen) atoms. The molecule has 0 atom stereocenters. The molecule has 1 aliphatic rings. The molecule has 6 nitrogen and oxygen atoms in total. The number of rotatable bonds is 6. The van der Waals surface area contributed by atoms with Crippen molar-refractivity contribution in [3.63, 3.8) is 0 Å². The van der Waals surface area contributed by atoms with Crippen LogP contribution < -0.4 is 11.1 Å². The second-order valence-corrected chi connectivity index (χ2v) is 7.14. The Morgan fingerprint density at radius 2 is 1.85 bits per heavy atom. The zero-order valence-corrected chi connectivity index (χ0v) is 15.1. The Bertz CT molecular complexity index is 913. The second kappa shape index (κ2) is 7.32. The van der Waals surface area contributed by atoms with Crippen LogP contribution in [-0.2, 0) is 17.8 Å². The summed E-state index contributed by atoms with van der Waals surface area (Å²) in [5.74, 6) is 1.36. The number of carbonyl (C=O) groups excluding carboxylic acids is 1. The third-order valence-electron chi connectivity index (χ3n) is 5.30. The van der Waals surface area contributed by atoms with Crippen LogP contribution in [0.1, 0.15) is 30.7 Å². The third-order valence-corrected chi connectivity index (χ3v) is 5.30. The number of nitrogens with zero attached hydrogens (tertiary/aromatic N) is 2. The lowest BCUT2D eigenvalue weighted by molar-refractivity contribution is -0.130. The molecule has 1 fully saturated rings. The van der Waals surface area contributed by atoms with E-state index in [-0.39, 0.29) is 11.3 Å². The van der Waals surface area contributed by atoms with Crippen molar-refractivity contribution in [2.45, 2.75) is 32.2 Å². The van der Waals surface area contributed by atoms with Crippen molar-refractivity contribution in [2.75, 3.05) is 5.32 Å². The first-order valence-corrected chi connectivity index (χ1v) is 9.26. The number of amides is 1. The number of hydrogen-bond donors (Lipinski definition) is 3. The van der Waals surface area contributed by atoms with Gasteiger partial charge in [-0.2, -0.15) is 5.10 Å². The summed E-state index contributed by atoms with van der Waals surface area (Å²) in [5.41, 5.74) is 8.14. The number of aromatic amines is 1. The van der Waals surface area contributed by atoms with E-state index < -0.39 is 0 Å². The van der Waals surface area contributed by atoms with Gasteiger partial charge >= 0.3 is 0 Å². The van der Waals surface area contributed by atoms with Gasteiger partial charge in [-0.15, -0.1) is 0 Å². The van der Waals surface area contributed by atoms with E-state index in [0.29, 0.717) is 18.2 Å². The molecule has 0 bridgehead atoms. The molecule has 0 saturated heterocycles. The summed E-state index contributed by atoms with van der Waals surface area (Å²) in [5, 5.41) is 10.0. The number of anilines is 1. The topological polar surface area (TPSA) is 96.7 Å². The quantitative estimate of drug-likeness (QED) is 0.628. The predicted octanol–water partition coefficient (Wildman–Crippen LogP) is 3.28. The van der Waals surface area contributed by atoms with Crippen molar-refractivity contribution in [2.24, 2.45) is 11.1 Å². The summed E-state index contributed by atoms with van der Waals surface area (Å²) in [7, 11) is 0. The number of aromatic nitrogens is 3. The summed E-state index contributed by atoms with van der Waals surface area (Å²) in [4.78, 5) is 17.3. The van der Waals surface area contributed by atoms with Crippen molar-refractivity contribution in [1.29, 1.82) is 0 Å². The highest BCUT2D eigenvalue weighted by Crippen LogP contribution is 2.44. The van der Waals surface area contributed by atoms with Crippen LogP contribution in [-0.4, -0.2) is 21.1 Å². The highest BCUT2D eigenvalue weighted by Gasteiger charge is 2.43. The Morgan fingerprint density at radius 3 is 2.44 bits per heavy atom. The van der Waals surface area contributed by atoms with Crippen LogP contribution in [0.2, 0.25) is 0 Å². The van der Waals surface area contributed by atoms with Crippen molar-refractivity contribution >= 4 is 11.6 Å². The van der Waals surface area contributed by atoms with Crippen LogP contribution in [0.15, 0.2) is 54.6 Å². The van der Waals surface area contributed by atoms with Gasteiger partial charge in [-0.1, -0.05) is 36.8 Å². The third kappa shape index (κ3) is 3.61. The van der Waals surface area contributed by atoms with Crippen molar-refractivity contribution in [1.82, 2.24) is 15.2 Å². The Labute approximate surface area is 158 Å². The summed E-state index contributed by atoms with van der Waals surface area (Å²) < 4.78 is 0. The monoisotopic (exact) mass is 361 g/mol. The van der Waals surface area contributed by atoms with E-state index in [0.717, 1.165) is 36.9 Å². The standard InChI is InChI=1S/C21H23N5O/c22-14-18-24-19(26-25-18)16-7-9-17(10-8-16)23-20(27)21(11-4-12-21)13-15-5-2-1-3-6-15/h1-3,5-10H,4,11-14,22H2,(H,23,27)(H,24,25,26). The Hall–Kier alpha value is -2.99. The lowest BCUT2D eigenvalue weighted by Crippen LogP contribution is -2.43. The van der Waals surface area contributed by atoms with Gasteiger partial charge in [0.2, 0.25) is 5.91 Å². The molecule has 0 unspecified atom stereocenters. The highest BCUT2D eigenvalue weighted by molar-refractivity contribution is 5.96. The molecule has 1 aromatic heterocycles. The van der Waals surface area contributed by atoms with E-state index in [1.165, 1.54) is 5.56 Å². The molecule has 0 aliphatic heterocycles. The van der Waals surface area contributed by atoms with Crippen LogP contribution in [0.4, 0.5) is 5.69 Å². The van der Waals surface area contributed by atoms with Gasteiger partial charge in [-0.3, -0.25) is 9.89 Å². The van der Waals surface area contributed by atoms with Crippen molar-refractivity contribution in [3.05, 3.63) is 66.0 Å². The minimum absolute atomic E-state index is 0.105. The second-order valence-electron chi connectivity index (χ2n) is 7.14. The number of hydrogen-bond acceptors (Lipinski definition) is 4. The fourth-order valence-electron chi connectivity index (χ4n) is 3.56. The van der Waals surface area contributed by atoms with Crippen molar-refractivity contribution in [3.8, 4) is 11.4 Å². The molecule has 0 spiro atoms. The maximum Gasteiger partial charge on any atom is 0.230 e. The molecule has 4 rings (SSSR count). The molecule has 3 aromatic rings. The van der Waals surface area contributed by atoms with Gasteiger partial charge in [0.1, 0.15) is 5.82 Å². The van der Waals surface area contributed by atoms with Gasteiger partial charge in [0.25, 0.3) is 0 Å². The fourth-order valence-corrected chi connectivity index (χ4v) is 3.56. The van der Waals surface area contributed by atoms with E-state index in [1.807, 2.05) is 42.5 Å². The molecular formula is C21H23N5O. The molecular weight excluding hydrogens is 338 g/mol. The average Bonchev–Trinajstić information content (AvgIpc) is 3.15. The molecule has 2 aromatic carbocycles. The van der Waals surface area contributed by atoms with Crippen molar-refractivity contribution < 1.29 is 4.79 Å².